The van der Waals surface area contributed by atoms with E-state index in [2.05, 4.69) is 0 Å². The third-order valence-electron chi connectivity index (χ3n) is 3.78. The molecule has 23 heavy (non-hydrogen) atoms. The Hall–Kier alpha value is -1.99. The molecule has 1 aromatic carbocycles. The maximum absolute atomic E-state index is 12.8. The molecule has 0 spiro atoms. The highest BCUT2D eigenvalue weighted by atomic mass is 35.5. The number of thioether (sulfide) groups is 1. The van der Waals surface area contributed by atoms with Gasteiger partial charge in [0.1, 0.15) is 10.4 Å². The summed E-state index contributed by atoms with van der Waals surface area (Å²) in [4.78, 5) is 25.0. The number of benzene rings is 1. The Bertz CT molecular complexity index is 777. The summed E-state index contributed by atoms with van der Waals surface area (Å²) in [5, 5.41) is 10.9. The van der Waals surface area contributed by atoms with Crippen molar-refractivity contribution in [3.8, 4) is 0 Å². The lowest BCUT2D eigenvalue weighted by molar-refractivity contribution is -0.384. The summed E-state index contributed by atoms with van der Waals surface area (Å²) in [6.45, 7) is 0.607. The molecule has 1 aliphatic rings. The zero-order valence-electron chi connectivity index (χ0n) is 12.3. The van der Waals surface area contributed by atoms with Crippen LogP contribution in [0.15, 0.2) is 36.5 Å². The molecule has 1 aliphatic heterocycles. The average molecular weight is 352 g/mol. The van der Waals surface area contributed by atoms with E-state index in [1.165, 1.54) is 18.2 Å². The lowest BCUT2D eigenvalue weighted by Crippen LogP contribution is -2.31. The van der Waals surface area contributed by atoms with E-state index >= 15 is 0 Å². The first kappa shape index (κ1) is 15.9. The van der Waals surface area contributed by atoms with Gasteiger partial charge in [-0.2, -0.15) is 0 Å². The third-order valence-corrected chi connectivity index (χ3v) is 5.33. The number of aromatic nitrogens is 1. The van der Waals surface area contributed by atoms with Crippen LogP contribution in [-0.4, -0.2) is 32.6 Å². The van der Waals surface area contributed by atoms with Gasteiger partial charge < -0.3 is 9.47 Å². The summed E-state index contributed by atoms with van der Waals surface area (Å²) in [5.74, 6) is 0.609. The fourth-order valence-electron chi connectivity index (χ4n) is 2.61. The number of halogens is 1. The lowest BCUT2D eigenvalue weighted by Gasteiger charge is -2.24. The molecule has 0 saturated carbocycles. The Balaban J connectivity index is 1.92. The van der Waals surface area contributed by atoms with Crippen molar-refractivity contribution in [2.24, 2.45) is 7.05 Å². The molecule has 1 aromatic heterocycles. The Labute approximate surface area is 142 Å². The molecule has 1 saturated heterocycles. The molecule has 0 N–H and O–H groups in total. The van der Waals surface area contributed by atoms with Crippen molar-refractivity contribution in [1.29, 1.82) is 0 Å². The molecule has 120 valence electrons. The maximum Gasteiger partial charge on any atom is 0.288 e. The first-order valence-corrected chi connectivity index (χ1v) is 8.39. The van der Waals surface area contributed by atoms with Gasteiger partial charge in [0.15, 0.2) is 0 Å². The molecular weight excluding hydrogens is 338 g/mol. The molecule has 1 amide bonds. The molecule has 8 heteroatoms. The second-order valence-corrected chi connectivity index (χ2v) is 6.78. The summed E-state index contributed by atoms with van der Waals surface area (Å²) in [5.41, 5.74) is 1.06. The fourth-order valence-corrected chi connectivity index (χ4v) is 4.11. The topological polar surface area (TPSA) is 68.4 Å². The summed E-state index contributed by atoms with van der Waals surface area (Å²) in [7, 11) is 1.93. The van der Waals surface area contributed by atoms with E-state index < -0.39 is 4.92 Å². The van der Waals surface area contributed by atoms with E-state index in [0.717, 1.165) is 11.4 Å². The highest BCUT2D eigenvalue weighted by molar-refractivity contribution is 7.99. The Morgan fingerprint density at radius 3 is 2.87 bits per heavy atom. The van der Waals surface area contributed by atoms with Gasteiger partial charge in [-0.3, -0.25) is 14.9 Å². The number of carbonyl (C=O) groups excluding carboxylic acids is 1. The summed E-state index contributed by atoms with van der Waals surface area (Å²) >= 11 is 7.50. The molecule has 0 radical (unpaired) electrons. The number of amides is 1. The molecule has 1 unspecified atom stereocenters. The number of hydrogen-bond acceptors (Lipinski definition) is 4. The van der Waals surface area contributed by atoms with E-state index in [9.17, 15) is 14.9 Å². The van der Waals surface area contributed by atoms with Gasteiger partial charge in [-0.1, -0.05) is 11.6 Å². The van der Waals surface area contributed by atoms with Crippen LogP contribution in [0.2, 0.25) is 5.02 Å². The monoisotopic (exact) mass is 351 g/mol. The van der Waals surface area contributed by atoms with Gasteiger partial charge in [-0.15, -0.1) is 11.8 Å². The lowest BCUT2D eigenvalue weighted by atomic mass is 10.1. The smallest absolute Gasteiger partial charge is 0.288 e. The number of aryl methyl sites for hydroxylation is 1. The first-order chi connectivity index (χ1) is 11.0. The van der Waals surface area contributed by atoms with Gasteiger partial charge in [0, 0.05) is 37.2 Å². The molecule has 1 fully saturated rings. The van der Waals surface area contributed by atoms with Crippen LogP contribution in [0.25, 0.3) is 0 Å². The summed E-state index contributed by atoms with van der Waals surface area (Å²) in [6.07, 6.45) is 1.93. The van der Waals surface area contributed by atoms with Crippen LogP contribution in [0.4, 0.5) is 5.69 Å². The van der Waals surface area contributed by atoms with Gasteiger partial charge in [0.05, 0.1) is 10.6 Å². The molecule has 6 nitrogen and oxygen atoms in total. The van der Waals surface area contributed by atoms with Crippen molar-refractivity contribution >= 4 is 35.0 Å². The number of hydrogen-bond donors (Lipinski definition) is 0. The Kier molecular flexibility index (Phi) is 4.32. The SMILES string of the molecule is Cn1cccc1C1SCCN1C(=O)c1ccc(Cl)c([N+](=O)[O-])c1. The zero-order valence-corrected chi connectivity index (χ0v) is 13.9. The van der Waals surface area contributed by atoms with Crippen molar-refractivity contribution in [2.75, 3.05) is 12.3 Å². The normalized spacial score (nSPS) is 17.5. The molecule has 1 atom stereocenters. The van der Waals surface area contributed by atoms with E-state index in [0.29, 0.717) is 6.54 Å². The predicted octanol–water partition coefficient (Wildman–Crippen LogP) is 3.47. The number of carbonyl (C=O) groups is 1. The number of rotatable bonds is 3. The molecule has 3 rings (SSSR count). The van der Waals surface area contributed by atoms with Crippen LogP contribution in [0.3, 0.4) is 0 Å². The van der Waals surface area contributed by atoms with E-state index in [-0.39, 0.29) is 27.6 Å². The van der Waals surface area contributed by atoms with Gasteiger partial charge in [0.25, 0.3) is 11.6 Å². The van der Waals surface area contributed by atoms with Crippen molar-refractivity contribution in [2.45, 2.75) is 5.37 Å². The Morgan fingerprint density at radius 2 is 2.22 bits per heavy atom. The molecule has 0 bridgehead atoms. The first-order valence-electron chi connectivity index (χ1n) is 6.97. The molecule has 2 aromatic rings. The summed E-state index contributed by atoms with van der Waals surface area (Å²) in [6, 6.07) is 8.09. The van der Waals surface area contributed by atoms with Crippen LogP contribution >= 0.6 is 23.4 Å². The molecular formula is C15H14ClN3O3S. The highest BCUT2D eigenvalue weighted by Gasteiger charge is 2.33. The minimum Gasteiger partial charge on any atom is -0.352 e. The van der Waals surface area contributed by atoms with E-state index in [4.69, 9.17) is 11.6 Å². The fraction of sp³-hybridized carbons (Fsp3) is 0.267. The van der Waals surface area contributed by atoms with Gasteiger partial charge in [-0.05, 0) is 24.3 Å². The minimum absolute atomic E-state index is 0.0290. The summed E-state index contributed by atoms with van der Waals surface area (Å²) < 4.78 is 1.98. The van der Waals surface area contributed by atoms with Crippen molar-refractivity contribution in [1.82, 2.24) is 9.47 Å². The minimum atomic E-state index is -0.577. The van der Waals surface area contributed by atoms with Crippen molar-refractivity contribution in [3.63, 3.8) is 0 Å². The highest BCUT2D eigenvalue weighted by Crippen LogP contribution is 2.39. The van der Waals surface area contributed by atoms with E-state index in [1.807, 2.05) is 29.9 Å². The van der Waals surface area contributed by atoms with Crippen LogP contribution < -0.4 is 0 Å². The Morgan fingerprint density at radius 1 is 1.43 bits per heavy atom. The quantitative estimate of drug-likeness (QED) is 0.627. The van der Waals surface area contributed by atoms with Crippen LogP contribution in [-0.2, 0) is 7.05 Å². The number of nitrogens with zero attached hydrogens (tertiary/aromatic N) is 3. The molecule has 0 aliphatic carbocycles. The van der Waals surface area contributed by atoms with Crippen LogP contribution in [0.5, 0.6) is 0 Å². The van der Waals surface area contributed by atoms with Gasteiger partial charge in [-0.25, -0.2) is 0 Å². The van der Waals surface area contributed by atoms with Crippen molar-refractivity contribution < 1.29 is 9.72 Å². The van der Waals surface area contributed by atoms with Crippen molar-refractivity contribution in [3.05, 3.63) is 62.9 Å². The second kappa shape index (κ2) is 6.25. The predicted molar refractivity (Wildman–Crippen MR) is 89.8 cm³/mol. The number of nitro benzene ring substituents is 1. The average Bonchev–Trinajstić information content (AvgIpc) is 3.14. The number of nitro groups is 1. The van der Waals surface area contributed by atoms with Crippen LogP contribution in [0, 0.1) is 10.1 Å². The maximum atomic E-state index is 12.8. The zero-order chi connectivity index (χ0) is 16.6. The largest absolute Gasteiger partial charge is 0.352 e. The standard InChI is InChI=1S/C15H14ClN3O3S/c1-17-6-2-3-12(17)15-18(7-8-23-15)14(20)10-4-5-11(16)13(9-10)19(21)22/h2-6,9,15H,7-8H2,1H3. The second-order valence-electron chi connectivity index (χ2n) is 5.19. The van der Waals surface area contributed by atoms with Gasteiger partial charge in [0.2, 0.25) is 0 Å². The van der Waals surface area contributed by atoms with E-state index in [1.54, 1.807) is 16.7 Å². The molecule has 2 heterocycles. The van der Waals surface area contributed by atoms with Gasteiger partial charge >= 0.3 is 0 Å². The third kappa shape index (κ3) is 2.94. The van der Waals surface area contributed by atoms with Crippen LogP contribution in [0.1, 0.15) is 21.4 Å².